The van der Waals surface area contributed by atoms with E-state index in [9.17, 15) is 4.79 Å². The molecule has 5 heteroatoms. The molecule has 0 atom stereocenters. The second-order valence-corrected chi connectivity index (χ2v) is 3.93. The molecule has 0 heterocycles. The number of hydrogen-bond donors (Lipinski definition) is 3. The molecule has 0 spiro atoms. The van der Waals surface area contributed by atoms with Crippen molar-refractivity contribution in [2.75, 3.05) is 18.2 Å². The fourth-order valence-corrected chi connectivity index (χ4v) is 1.69. The quantitative estimate of drug-likeness (QED) is 0.734. The first-order chi connectivity index (χ1) is 9.11. The van der Waals surface area contributed by atoms with E-state index < -0.39 is 5.97 Å². The third-order valence-corrected chi connectivity index (χ3v) is 2.68. The summed E-state index contributed by atoms with van der Waals surface area (Å²) in [6.07, 6.45) is 0. The Morgan fingerprint density at radius 1 is 1.21 bits per heavy atom. The summed E-state index contributed by atoms with van der Waals surface area (Å²) in [5, 5.41) is 12.0. The lowest BCUT2D eigenvalue weighted by molar-refractivity contribution is 0.0697. The largest absolute Gasteiger partial charge is 0.495 e. The summed E-state index contributed by atoms with van der Waals surface area (Å²) in [7, 11) is 1.57. The van der Waals surface area contributed by atoms with Crippen molar-refractivity contribution < 1.29 is 14.6 Å². The maximum atomic E-state index is 10.9. The topological polar surface area (TPSA) is 84.6 Å². The van der Waals surface area contributed by atoms with Crippen molar-refractivity contribution in [2.24, 2.45) is 0 Å². The number of nitrogens with two attached hydrogens (primary N) is 1. The standard InChI is InChI=1S/C14H14N2O3/c1-19-13-5-3-2-4-11(13)16-12-8-9(14(17)18)6-7-10(12)15/h2-8,16H,15H2,1H3,(H,17,18). The fourth-order valence-electron chi connectivity index (χ4n) is 1.69. The number of carbonyl (C=O) groups is 1. The van der Waals surface area contributed by atoms with Crippen LogP contribution in [0, 0.1) is 0 Å². The molecule has 0 aliphatic heterocycles. The van der Waals surface area contributed by atoms with Gasteiger partial charge < -0.3 is 20.9 Å². The summed E-state index contributed by atoms with van der Waals surface area (Å²) in [5.41, 5.74) is 7.73. The molecule has 19 heavy (non-hydrogen) atoms. The van der Waals surface area contributed by atoms with Crippen molar-refractivity contribution in [2.45, 2.75) is 0 Å². The van der Waals surface area contributed by atoms with Crippen LogP contribution in [0.4, 0.5) is 17.1 Å². The van der Waals surface area contributed by atoms with Gasteiger partial charge in [-0.25, -0.2) is 4.79 Å². The molecule has 0 saturated carbocycles. The van der Waals surface area contributed by atoms with Gasteiger partial charge in [0.25, 0.3) is 0 Å². The van der Waals surface area contributed by atoms with Crippen molar-refractivity contribution >= 4 is 23.0 Å². The van der Waals surface area contributed by atoms with Gasteiger partial charge in [0.1, 0.15) is 5.75 Å². The van der Waals surface area contributed by atoms with Crippen LogP contribution in [0.3, 0.4) is 0 Å². The summed E-state index contributed by atoms with van der Waals surface area (Å²) in [4.78, 5) is 10.9. The minimum absolute atomic E-state index is 0.173. The Labute approximate surface area is 110 Å². The minimum Gasteiger partial charge on any atom is -0.495 e. The average Bonchev–Trinajstić information content (AvgIpc) is 2.41. The summed E-state index contributed by atoms with van der Waals surface area (Å²) in [6.45, 7) is 0. The van der Waals surface area contributed by atoms with Crippen LogP contribution in [0.15, 0.2) is 42.5 Å². The van der Waals surface area contributed by atoms with Crippen LogP contribution in [0.25, 0.3) is 0 Å². The summed E-state index contributed by atoms with van der Waals surface area (Å²) in [6, 6.07) is 11.8. The molecule has 0 aliphatic carbocycles. The van der Waals surface area contributed by atoms with E-state index in [-0.39, 0.29) is 5.56 Å². The van der Waals surface area contributed by atoms with E-state index in [1.807, 2.05) is 18.2 Å². The third-order valence-electron chi connectivity index (χ3n) is 2.68. The number of hydrogen-bond acceptors (Lipinski definition) is 4. The highest BCUT2D eigenvalue weighted by Gasteiger charge is 2.08. The molecule has 0 aliphatic rings. The lowest BCUT2D eigenvalue weighted by Gasteiger charge is -2.13. The number of carboxylic acids is 1. The molecule has 0 saturated heterocycles. The monoisotopic (exact) mass is 258 g/mol. The molecule has 2 aromatic rings. The normalized spacial score (nSPS) is 9.95. The molecule has 98 valence electrons. The number of para-hydroxylation sites is 2. The number of rotatable bonds is 4. The van der Waals surface area contributed by atoms with Gasteiger partial charge in [0.15, 0.2) is 0 Å². The Balaban J connectivity index is 2.37. The van der Waals surface area contributed by atoms with Crippen LogP contribution in [-0.2, 0) is 0 Å². The van der Waals surface area contributed by atoms with E-state index in [0.717, 1.165) is 5.69 Å². The zero-order valence-corrected chi connectivity index (χ0v) is 10.4. The van der Waals surface area contributed by atoms with Crippen molar-refractivity contribution in [1.82, 2.24) is 0 Å². The average molecular weight is 258 g/mol. The third kappa shape index (κ3) is 2.77. The molecular formula is C14H14N2O3. The molecule has 0 aromatic heterocycles. The lowest BCUT2D eigenvalue weighted by Crippen LogP contribution is -2.02. The van der Waals surface area contributed by atoms with E-state index in [2.05, 4.69) is 5.32 Å². The van der Waals surface area contributed by atoms with E-state index >= 15 is 0 Å². The molecule has 0 amide bonds. The van der Waals surface area contributed by atoms with Crippen molar-refractivity contribution in [1.29, 1.82) is 0 Å². The molecule has 2 rings (SSSR count). The summed E-state index contributed by atoms with van der Waals surface area (Å²) >= 11 is 0. The number of benzene rings is 2. The number of aromatic carboxylic acids is 1. The Bertz CT molecular complexity index is 611. The van der Waals surface area contributed by atoms with Crippen molar-refractivity contribution in [3.05, 3.63) is 48.0 Å². The SMILES string of the molecule is COc1ccccc1Nc1cc(C(=O)O)ccc1N. The zero-order valence-electron chi connectivity index (χ0n) is 10.4. The Morgan fingerprint density at radius 2 is 1.95 bits per heavy atom. The van der Waals surface area contributed by atoms with Crippen LogP contribution >= 0.6 is 0 Å². The summed E-state index contributed by atoms with van der Waals surface area (Å²) < 4.78 is 5.22. The molecule has 0 bridgehead atoms. The van der Waals surface area contributed by atoms with Crippen LogP contribution < -0.4 is 15.8 Å². The number of anilines is 3. The lowest BCUT2D eigenvalue weighted by atomic mass is 10.1. The molecule has 0 unspecified atom stereocenters. The van der Waals surface area contributed by atoms with E-state index in [4.69, 9.17) is 15.6 Å². The van der Waals surface area contributed by atoms with E-state index in [0.29, 0.717) is 17.1 Å². The predicted molar refractivity (Wildman–Crippen MR) is 74.1 cm³/mol. The fraction of sp³-hybridized carbons (Fsp3) is 0.0714. The Hall–Kier alpha value is -2.69. The molecule has 0 fully saturated rings. The smallest absolute Gasteiger partial charge is 0.335 e. The van der Waals surface area contributed by atoms with Crippen LogP contribution in [0.5, 0.6) is 5.75 Å². The first kappa shape index (κ1) is 12.8. The van der Waals surface area contributed by atoms with Gasteiger partial charge in [0.05, 0.1) is 29.7 Å². The second kappa shape index (κ2) is 5.30. The highest BCUT2D eigenvalue weighted by Crippen LogP contribution is 2.30. The number of methoxy groups -OCH3 is 1. The maximum Gasteiger partial charge on any atom is 0.335 e. The van der Waals surface area contributed by atoms with Gasteiger partial charge in [-0.05, 0) is 30.3 Å². The maximum absolute atomic E-state index is 10.9. The highest BCUT2D eigenvalue weighted by molar-refractivity contribution is 5.91. The highest BCUT2D eigenvalue weighted by atomic mass is 16.5. The van der Waals surface area contributed by atoms with Crippen LogP contribution in [-0.4, -0.2) is 18.2 Å². The summed E-state index contributed by atoms with van der Waals surface area (Å²) in [5.74, 6) is -0.342. The van der Waals surface area contributed by atoms with Crippen molar-refractivity contribution in [3.8, 4) is 5.75 Å². The van der Waals surface area contributed by atoms with E-state index in [1.54, 1.807) is 19.2 Å². The van der Waals surface area contributed by atoms with Gasteiger partial charge in [-0.3, -0.25) is 0 Å². The molecule has 4 N–H and O–H groups in total. The van der Waals surface area contributed by atoms with Gasteiger partial charge in [-0.2, -0.15) is 0 Å². The van der Waals surface area contributed by atoms with Gasteiger partial charge in [-0.15, -0.1) is 0 Å². The molecule has 5 nitrogen and oxygen atoms in total. The first-order valence-corrected chi connectivity index (χ1v) is 5.64. The van der Waals surface area contributed by atoms with Gasteiger partial charge >= 0.3 is 5.97 Å². The minimum atomic E-state index is -0.997. The Kier molecular flexibility index (Phi) is 3.56. The number of ether oxygens (including phenoxy) is 1. The molecule has 2 aromatic carbocycles. The van der Waals surface area contributed by atoms with Crippen molar-refractivity contribution in [3.63, 3.8) is 0 Å². The van der Waals surface area contributed by atoms with E-state index in [1.165, 1.54) is 12.1 Å². The number of carboxylic acid groups (broad SMARTS) is 1. The number of nitrogens with one attached hydrogen (secondary N) is 1. The predicted octanol–water partition coefficient (Wildman–Crippen LogP) is 2.72. The van der Waals surface area contributed by atoms with Gasteiger partial charge in [0.2, 0.25) is 0 Å². The van der Waals surface area contributed by atoms with Gasteiger partial charge in [-0.1, -0.05) is 12.1 Å². The van der Waals surface area contributed by atoms with Gasteiger partial charge in [0, 0.05) is 0 Å². The zero-order chi connectivity index (χ0) is 13.8. The Morgan fingerprint density at radius 3 is 2.63 bits per heavy atom. The second-order valence-electron chi connectivity index (χ2n) is 3.93. The molecule has 0 radical (unpaired) electrons. The molecular weight excluding hydrogens is 244 g/mol. The first-order valence-electron chi connectivity index (χ1n) is 5.64. The van der Waals surface area contributed by atoms with Crippen LogP contribution in [0.1, 0.15) is 10.4 Å². The van der Waals surface area contributed by atoms with Crippen LogP contribution in [0.2, 0.25) is 0 Å². The number of nitrogen functional groups attached to an aromatic ring is 1.